The number of nitrogens with one attached hydrogen (secondary N) is 1. The Morgan fingerprint density at radius 3 is 2.82 bits per heavy atom. The molecule has 7 heteroatoms. The average molecular weight is 241 g/mol. The van der Waals surface area contributed by atoms with Crippen LogP contribution in [0.15, 0.2) is 18.2 Å². The van der Waals surface area contributed by atoms with Gasteiger partial charge in [0.1, 0.15) is 0 Å². The second kappa shape index (κ2) is 5.35. The van der Waals surface area contributed by atoms with E-state index in [1.165, 1.54) is 6.07 Å². The lowest BCUT2D eigenvalue weighted by atomic mass is 10.2. The van der Waals surface area contributed by atoms with E-state index in [4.69, 9.17) is 5.73 Å². The van der Waals surface area contributed by atoms with Crippen LogP contribution < -0.4 is 11.1 Å². The molecule has 1 amide bonds. The average Bonchev–Trinajstić information content (AvgIpc) is 2.30. The van der Waals surface area contributed by atoms with Crippen LogP contribution in [-0.2, 0) is 4.79 Å². The zero-order valence-corrected chi connectivity index (χ0v) is 9.14. The number of amides is 1. The predicted octanol–water partition coefficient (Wildman–Crippen LogP) is 1.41. The van der Waals surface area contributed by atoms with Crippen molar-refractivity contribution in [2.45, 2.75) is 19.4 Å². The van der Waals surface area contributed by atoms with Gasteiger partial charge in [0, 0.05) is 11.8 Å². The Hall–Kier alpha value is -2.02. The summed E-state index contributed by atoms with van der Waals surface area (Å²) in [5.41, 5.74) is 4.93. The van der Waals surface area contributed by atoms with E-state index >= 15 is 0 Å². The molecule has 92 valence electrons. The third-order valence-corrected chi connectivity index (χ3v) is 2.19. The first-order valence-corrected chi connectivity index (χ1v) is 4.96. The number of nitro benzene ring substituents is 1. The second-order valence-electron chi connectivity index (χ2n) is 3.43. The highest BCUT2D eigenvalue weighted by Gasteiger charge is 2.16. The number of carbonyl (C=O) groups excluding carboxylic acids is 1. The fourth-order valence-electron chi connectivity index (χ4n) is 1.15. The first kappa shape index (κ1) is 13.0. The summed E-state index contributed by atoms with van der Waals surface area (Å²) >= 11 is 0. The highest BCUT2D eigenvalue weighted by Crippen LogP contribution is 2.21. The van der Waals surface area contributed by atoms with E-state index in [2.05, 4.69) is 5.32 Å². The van der Waals surface area contributed by atoms with Crippen molar-refractivity contribution in [2.75, 3.05) is 5.32 Å². The SMILES string of the molecule is CC[C@H](N)C(=O)Nc1ccc(F)c([N+](=O)[O-])c1. The van der Waals surface area contributed by atoms with Gasteiger partial charge in [-0.25, -0.2) is 0 Å². The topological polar surface area (TPSA) is 98.3 Å². The van der Waals surface area contributed by atoms with Gasteiger partial charge in [-0.15, -0.1) is 0 Å². The molecule has 0 saturated heterocycles. The zero-order valence-electron chi connectivity index (χ0n) is 9.14. The van der Waals surface area contributed by atoms with E-state index in [-0.39, 0.29) is 5.69 Å². The summed E-state index contributed by atoms with van der Waals surface area (Å²) in [5, 5.41) is 12.9. The monoisotopic (exact) mass is 241 g/mol. The van der Waals surface area contributed by atoms with E-state index in [1.54, 1.807) is 6.92 Å². The highest BCUT2D eigenvalue weighted by molar-refractivity contribution is 5.94. The molecule has 1 aromatic carbocycles. The van der Waals surface area contributed by atoms with Gasteiger partial charge in [-0.1, -0.05) is 6.92 Å². The van der Waals surface area contributed by atoms with E-state index in [1.807, 2.05) is 0 Å². The molecule has 1 aromatic rings. The molecule has 0 aliphatic carbocycles. The van der Waals surface area contributed by atoms with Crippen LogP contribution in [0.5, 0.6) is 0 Å². The maximum absolute atomic E-state index is 13.0. The number of nitrogens with two attached hydrogens (primary N) is 1. The van der Waals surface area contributed by atoms with Gasteiger partial charge in [0.25, 0.3) is 0 Å². The Balaban J connectivity index is 2.90. The summed E-state index contributed by atoms with van der Waals surface area (Å²) in [6.45, 7) is 1.73. The molecule has 0 bridgehead atoms. The van der Waals surface area contributed by atoms with Crippen molar-refractivity contribution in [3.8, 4) is 0 Å². The molecule has 0 saturated carbocycles. The fourth-order valence-corrected chi connectivity index (χ4v) is 1.15. The summed E-state index contributed by atoms with van der Waals surface area (Å²) in [4.78, 5) is 21.0. The number of hydrogen-bond acceptors (Lipinski definition) is 4. The van der Waals surface area contributed by atoms with Gasteiger partial charge in [0.15, 0.2) is 0 Å². The maximum Gasteiger partial charge on any atom is 0.306 e. The van der Waals surface area contributed by atoms with Crippen LogP contribution in [0.2, 0.25) is 0 Å². The van der Waals surface area contributed by atoms with Crippen molar-refractivity contribution in [3.63, 3.8) is 0 Å². The van der Waals surface area contributed by atoms with Crippen molar-refractivity contribution in [2.24, 2.45) is 5.73 Å². The minimum Gasteiger partial charge on any atom is -0.324 e. The van der Waals surface area contributed by atoms with Gasteiger partial charge in [-0.05, 0) is 18.6 Å². The minimum absolute atomic E-state index is 0.145. The Labute approximate surface area is 96.8 Å². The molecule has 17 heavy (non-hydrogen) atoms. The number of nitro groups is 1. The van der Waals surface area contributed by atoms with Gasteiger partial charge >= 0.3 is 5.69 Å². The fraction of sp³-hybridized carbons (Fsp3) is 0.300. The third-order valence-electron chi connectivity index (χ3n) is 2.19. The van der Waals surface area contributed by atoms with Gasteiger partial charge in [-0.2, -0.15) is 4.39 Å². The Morgan fingerprint density at radius 2 is 2.29 bits per heavy atom. The number of rotatable bonds is 4. The highest BCUT2D eigenvalue weighted by atomic mass is 19.1. The van der Waals surface area contributed by atoms with Crippen LogP contribution in [0.4, 0.5) is 15.8 Å². The molecule has 0 aliphatic rings. The van der Waals surface area contributed by atoms with Crippen LogP contribution >= 0.6 is 0 Å². The zero-order chi connectivity index (χ0) is 13.0. The molecule has 0 unspecified atom stereocenters. The van der Waals surface area contributed by atoms with Gasteiger partial charge in [0.2, 0.25) is 11.7 Å². The molecular formula is C10H12FN3O3. The van der Waals surface area contributed by atoms with E-state index in [0.29, 0.717) is 6.42 Å². The molecule has 0 fully saturated rings. The van der Waals surface area contributed by atoms with Crippen LogP contribution in [0.1, 0.15) is 13.3 Å². The minimum atomic E-state index is -0.951. The van der Waals surface area contributed by atoms with Gasteiger partial charge in [0.05, 0.1) is 11.0 Å². The molecule has 3 N–H and O–H groups in total. The molecule has 0 aliphatic heterocycles. The van der Waals surface area contributed by atoms with Crippen LogP contribution in [0.25, 0.3) is 0 Å². The molecular weight excluding hydrogens is 229 g/mol. The standard InChI is InChI=1S/C10H12FN3O3/c1-2-8(12)10(15)13-6-3-4-7(11)9(5-6)14(16)17/h3-5,8H,2,12H2,1H3,(H,13,15)/t8-/m0/s1. The molecule has 0 spiro atoms. The smallest absolute Gasteiger partial charge is 0.306 e. The quantitative estimate of drug-likeness (QED) is 0.615. The summed E-state index contributed by atoms with van der Waals surface area (Å²) in [6, 6.07) is 2.42. The van der Waals surface area contributed by atoms with Crippen molar-refractivity contribution < 1.29 is 14.1 Å². The molecule has 0 heterocycles. The van der Waals surface area contributed by atoms with Gasteiger partial charge in [-0.3, -0.25) is 14.9 Å². The third kappa shape index (κ3) is 3.22. The van der Waals surface area contributed by atoms with E-state index in [0.717, 1.165) is 12.1 Å². The summed E-state index contributed by atoms with van der Waals surface area (Å²) in [5.74, 6) is -1.42. The number of carbonyl (C=O) groups is 1. The van der Waals surface area contributed by atoms with Crippen molar-refractivity contribution in [1.29, 1.82) is 0 Å². The van der Waals surface area contributed by atoms with E-state index in [9.17, 15) is 19.3 Å². The number of halogens is 1. The lowest BCUT2D eigenvalue weighted by Crippen LogP contribution is -2.34. The van der Waals surface area contributed by atoms with Crippen LogP contribution in [0.3, 0.4) is 0 Å². The summed E-state index contributed by atoms with van der Waals surface area (Å²) in [6.07, 6.45) is 0.440. The molecule has 1 atom stereocenters. The Bertz CT molecular complexity index is 450. The summed E-state index contributed by atoms with van der Waals surface area (Å²) in [7, 11) is 0. The van der Waals surface area contributed by atoms with Crippen LogP contribution in [0, 0.1) is 15.9 Å². The largest absolute Gasteiger partial charge is 0.324 e. The number of anilines is 1. The van der Waals surface area contributed by atoms with Gasteiger partial charge < -0.3 is 11.1 Å². The first-order valence-electron chi connectivity index (χ1n) is 4.96. The lowest BCUT2D eigenvalue weighted by molar-refractivity contribution is -0.387. The Morgan fingerprint density at radius 1 is 1.65 bits per heavy atom. The predicted molar refractivity (Wildman–Crippen MR) is 60.0 cm³/mol. The lowest BCUT2D eigenvalue weighted by Gasteiger charge is -2.09. The molecule has 0 aromatic heterocycles. The number of nitrogens with zero attached hydrogens (tertiary/aromatic N) is 1. The normalized spacial score (nSPS) is 11.9. The second-order valence-corrected chi connectivity index (χ2v) is 3.43. The van der Waals surface area contributed by atoms with Crippen LogP contribution in [-0.4, -0.2) is 16.9 Å². The maximum atomic E-state index is 13.0. The molecule has 0 radical (unpaired) electrons. The number of benzene rings is 1. The number of hydrogen-bond donors (Lipinski definition) is 2. The van der Waals surface area contributed by atoms with Crippen molar-refractivity contribution in [3.05, 3.63) is 34.1 Å². The summed E-state index contributed by atoms with van der Waals surface area (Å²) < 4.78 is 13.0. The molecule has 6 nitrogen and oxygen atoms in total. The molecule has 1 rings (SSSR count). The first-order chi connectivity index (χ1) is 7.95. The van der Waals surface area contributed by atoms with Crippen molar-refractivity contribution >= 4 is 17.3 Å². The Kier molecular flexibility index (Phi) is 4.11. The van der Waals surface area contributed by atoms with Crippen molar-refractivity contribution in [1.82, 2.24) is 0 Å². The van der Waals surface area contributed by atoms with E-state index < -0.39 is 28.4 Å².